The lowest BCUT2D eigenvalue weighted by molar-refractivity contribution is 0.191. The number of rotatable bonds is 5. The summed E-state index contributed by atoms with van der Waals surface area (Å²) in [5.74, 6) is 2.43. The Kier molecular flexibility index (Phi) is 6.45. The number of carbonyl (C=O) groups is 1. The summed E-state index contributed by atoms with van der Waals surface area (Å²) < 4.78 is 7.61. The molecule has 4 aromatic rings. The zero-order chi connectivity index (χ0) is 24.4. The summed E-state index contributed by atoms with van der Waals surface area (Å²) in [5.41, 5.74) is 5.11. The first-order valence-electron chi connectivity index (χ1n) is 12.3. The van der Waals surface area contributed by atoms with E-state index < -0.39 is 0 Å². The van der Waals surface area contributed by atoms with E-state index in [0.29, 0.717) is 12.5 Å². The molecule has 1 atom stereocenters. The first-order chi connectivity index (χ1) is 17.0. The Labute approximate surface area is 206 Å². The monoisotopic (exact) mass is 468 g/mol. The van der Waals surface area contributed by atoms with Crippen LogP contribution in [0, 0.1) is 0 Å². The molecule has 2 aromatic carbocycles. The summed E-state index contributed by atoms with van der Waals surface area (Å²) in [6.07, 6.45) is 4.01. The van der Waals surface area contributed by atoms with Gasteiger partial charge in [0.1, 0.15) is 11.6 Å². The van der Waals surface area contributed by atoms with Gasteiger partial charge >= 0.3 is 6.03 Å². The van der Waals surface area contributed by atoms with Crippen LogP contribution in [0.2, 0.25) is 0 Å². The van der Waals surface area contributed by atoms with Gasteiger partial charge in [-0.05, 0) is 60.7 Å². The number of nitrogens with one attached hydrogen (secondary N) is 1. The first kappa shape index (κ1) is 23.0. The number of piperidine rings is 1. The molecule has 0 saturated carbocycles. The molecule has 0 radical (unpaired) electrons. The third kappa shape index (κ3) is 4.74. The second-order valence-electron chi connectivity index (χ2n) is 9.50. The molecule has 0 spiro atoms. The summed E-state index contributed by atoms with van der Waals surface area (Å²) in [6.45, 7) is 5.72. The van der Waals surface area contributed by atoms with E-state index in [-0.39, 0.29) is 11.9 Å². The lowest BCUT2D eigenvalue weighted by Crippen LogP contribution is -2.42. The van der Waals surface area contributed by atoms with Gasteiger partial charge in [-0.3, -0.25) is 0 Å². The van der Waals surface area contributed by atoms with Crippen LogP contribution in [0.1, 0.15) is 49.9 Å². The van der Waals surface area contributed by atoms with E-state index in [9.17, 15) is 4.79 Å². The number of hydrogen-bond acceptors (Lipinski definition) is 3. The number of likely N-dealkylation sites (tertiary alicyclic amines) is 1. The number of carbonyl (C=O) groups excluding carboxylic acids is 1. The molecule has 1 aliphatic heterocycles. The van der Waals surface area contributed by atoms with Gasteiger partial charge < -0.3 is 19.4 Å². The third-order valence-electron chi connectivity index (χ3n) is 6.82. The molecule has 1 N–H and O–H groups in total. The normalized spacial score (nSPS) is 16.0. The van der Waals surface area contributed by atoms with Gasteiger partial charge in [0.2, 0.25) is 0 Å². The van der Waals surface area contributed by atoms with Crippen molar-refractivity contribution in [1.82, 2.24) is 14.3 Å². The van der Waals surface area contributed by atoms with Crippen LogP contribution in [0.15, 0.2) is 72.9 Å². The van der Waals surface area contributed by atoms with Crippen molar-refractivity contribution in [3.8, 4) is 17.0 Å². The van der Waals surface area contributed by atoms with Gasteiger partial charge in [-0.2, -0.15) is 0 Å². The zero-order valence-electron chi connectivity index (χ0n) is 20.6. The number of anilines is 1. The number of nitrogens with zero attached hydrogens (tertiary/aromatic N) is 3. The number of fused-ring (bicyclic) bond motifs is 1. The Balaban J connectivity index is 1.39. The van der Waals surface area contributed by atoms with Crippen LogP contribution in [0.4, 0.5) is 10.5 Å². The van der Waals surface area contributed by atoms with Gasteiger partial charge in [-0.1, -0.05) is 44.2 Å². The number of urea groups is 1. The molecule has 180 valence electrons. The molecule has 5 rings (SSSR count). The summed E-state index contributed by atoms with van der Waals surface area (Å²) in [6, 6.07) is 22.2. The van der Waals surface area contributed by atoms with Crippen molar-refractivity contribution >= 4 is 17.2 Å². The van der Waals surface area contributed by atoms with E-state index in [2.05, 4.69) is 54.0 Å². The predicted molar refractivity (Wildman–Crippen MR) is 140 cm³/mol. The van der Waals surface area contributed by atoms with Crippen molar-refractivity contribution in [3.63, 3.8) is 0 Å². The number of aromatic nitrogens is 2. The lowest BCUT2D eigenvalue weighted by atomic mass is 9.97. The van der Waals surface area contributed by atoms with E-state index in [0.717, 1.165) is 53.4 Å². The minimum Gasteiger partial charge on any atom is -0.497 e. The van der Waals surface area contributed by atoms with Crippen LogP contribution in [-0.4, -0.2) is 40.5 Å². The molecule has 0 aliphatic carbocycles. The van der Waals surface area contributed by atoms with E-state index in [1.54, 1.807) is 7.11 Å². The maximum absolute atomic E-state index is 13.1. The quantitative estimate of drug-likeness (QED) is 0.362. The highest BCUT2D eigenvalue weighted by Crippen LogP contribution is 2.33. The van der Waals surface area contributed by atoms with Gasteiger partial charge in [0, 0.05) is 36.5 Å². The average Bonchev–Trinajstić information content (AvgIpc) is 3.29. The van der Waals surface area contributed by atoms with E-state index in [1.807, 2.05) is 47.4 Å². The number of ether oxygens (including phenoxy) is 1. The molecule has 1 aliphatic rings. The molecule has 1 saturated heterocycles. The van der Waals surface area contributed by atoms with Gasteiger partial charge in [0.05, 0.1) is 18.3 Å². The van der Waals surface area contributed by atoms with Crippen LogP contribution in [0.5, 0.6) is 5.75 Å². The highest BCUT2D eigenvalue weighted by molar-refractivity contribution is 5.89. The Morgan fingerprint density at radius 2 is 1.91 bits per heavy atom. The predicted octanol–water partition coefficient (Wildman–Crippen LogP) is 6.54. The summed E-state index contributed by atoms with van der Waals surface area (Å²) >= 11 is 0. The smallest absolute Gasteiger partial charge is 0.321 e. The molecule has 0 bridgehead atoms. The average molecular weight is 469 g/mol. The molecular formula is C29H32N4O2. The van der Waals surface area contributed by atoms with Gasteiger partial charge in [0.15, 0.2) is 0 Å². The van der Waals surface area contributed by atoms with Crippen molar-refractivity contribution in [3.05, 3.63) is 84.3 Å². The third-order valence-corrected chi connectivity index (χ3v) is 6.82. The van der Waals surface area contributed by atoms with Crippen molar-refractivity contribution in [1.29, 1.82) is 0 Å². The SMILES string of the molecule is COc1cccc(-c2nc(C3CCCN(C(=O)Nc4ccc(C(C)C)cc4)C3)n3ccccc23)c1. The number of benzene rings is 2. The highest BCUT2D eigenvalue weighted by Gasteiger charge is 2.28. The fourth-order valence-corrected chi connectivity index (χ4v) is 4.86. The Bertz CT molecular complexity index is 1330. The van der Waals surface area contributed by atoms with E-state index in [1.165, 1.54) is 5.56 Å². The number of amides is 2. The largest absolute Gasteiger partial charge is 0.497 e. The lowest BCUT2D eigenvalue weighted by Gasteiger charge is -2.32. The minimum absolute atomic E-state index is 0.0547. The molecule has 2 amide bonds. The summed E-state index contributed by atoms with van der Waals surface area (Å²) in [5, 5.41) is 3.08. The molecule has 6 heteroatoms. The minimum atomic E-state index is -0.0547. The molecule has 3 heterocycles. The van der Waals surface area contributed by atoms with E-state index in [4.69, 9.17) is 9.72 Å². The van der Waals surface area contributed by atoms with Crippen molar-refractivity contribution < 1.29 is 9.53 Å². The number of pyridine rings is 1. The van der Waals surface area contributed by atoms with Crippen LogP contribution < -0.4 is 10.1 Å². The van der Waals surface area contributed by atoms with Crippen molar-refractivity contribution in [2.75, 3.05) is 25.5 Å². The summed E-state index contributed by atoms with van der Waals surface area (Å²) in [7, 11) is 1.68. The molecule has 1 unspecified atom stereocenters. The van der Waals surface area contributed by atoms with Gasteiger partial charge in [-0.15, -0.1) is 0 Å². The standard InChI is InChI=1S/C29H32N4O2/c1-20(2)21-12-14-24(15-13-21)30-29(34)32-16-7-9-23(19-32)28-31-27(26-11-4-5-17-33(26)28)22-8-6-10-25(18-22)35-3/h4-6,8,10-15,17-18,20,23H,7,9,16,19H2,1-3H3,(H,30,34). The van der Waals surface area contributed by atoms with Crippen LogP contribution in [0.3, 0.4) is 0 Å². The summed E-state index contributed by atoms with van der Waals surface area (Å²) in [4.78, 5) is 20.1. The Morgan fingerprint density at radius 3 is 2.69 bits per heavy atom. The van der Waals surface area contributed by atoms with E-state index >= 15 is 0 Å². The zero-order valence-corrected chi connectivity index (χ0v) is 20.6. The molecule has 6 nitrogen and oxygen atoms in total. The fraction of sp³-hybridized carbons (Fsp3) is 0.310. The first-order valence-corrected chi connectivity index (χ1v) is 12.3. The van der Waals surface area contributed by atoms with Crippen molar-refractivity contribution in [2.45, 2.75) is 38.5 Å². The maximum Gasteiger partial charge on any atom is 0.321 e. The number of imidazole rings is 1. The van der Waals surface area contributed by atoms with Crippen LogP contribution in [0.25, 0.3) is 16.8 Å². The van der Waals surface area contributed by atoms with Crippen LogP contribution in [-0.2, 0) is 0 Å². The molecular weight excluding hydrogens is 436 g/mol. The van der Waals surface area contributed by atoms with Crippen molar-refractivity contribution in [2.24, 2.45) is 0 Å². The van der Waals surface area contributed by atoms with Gasteiger partial charge in [-0.25, -0.2) is 9.78 Å². The maximum atomic E-state index is 13.1. The number of hydrogen-bond donors (Lipinski definition) is 1. The van der Waals surface area contributed by atoms with Gasteiger partial charge in [0.25, 0.3) is 0 Å². The van der Waals surface area contributed by atoms with Crippen LogP contribution >= 0.6 is 0 Å². The Hall–Kier alpha value is -3.80. The topological polar surface area (TPSA) is 58.9 Å². The highest BCUT2D eigenvalue weighted by atomic mass is 16.5. The second-order valence-corrected chi connectivity index (χ2v) is 9.50. The molecule has 35 heavy (non-hydrogen) atoms. The molecule has 1 fully saturated rings. The fourth-order valence-electron chi connectivity index (χ4n) is 4.86. The Morgan fingerprint density at radius 1 is 1.09 bits per heavy atom. The second kappa shape index (κ2) is 9.82. The number of methoxy groups -OCH3 is 1. The molecule has 2 aromatic heterocycles.